The normalized spacial score (nSPS) is 11.6. The van der Waals surface area contributed by atoms with Crippen LogP contribution in [0.2, 0.25) is 5.02 Å². The molecule has 0 saturated carbocycles. The third-order valence-electron chi connectivity index (χ3n) is 3.09. The highest BCUT2D eigenvalue weighted by atomic mass is 35.5. The minimum Gasteiger partial charge on any atom is -0.491 e. The second kappa shape index (κ2) is 8.44. The van der Waals surface area contributed by atoms with E-state index in [0.717, 1.165) is 22.9 Å². The average Bonchev–Trinajstić information content (AvgIpc) is 2.51. The Morgan fingerprint density at radius 2 is 1.78 bits per heavy atom. The van der Waals surface area contributed by atoms with Crippen molar-refractivity contribution in [2.75, 3.05) is 11.9 Å². The van der Waals surface area contributed by atoms with Gasteiger partial charge in [0.25, 0.3) is 0 Å². The number of guanidine groups is 1. The number of nitrogens with one attached hydrogen (secondary N) is 1. The molecule has 0 atom stereocenters. The third kappa shape index (κ3) is 6.20. The van der Waals surface area contributed by atoms with Crippen LogP contribution in [-0.4, -0.2) is 18.6 Å². The van der Waals surface area contributed by atoms with E-state index in [9.17, 15) is 0 Å². The van der Waals surface area contributed by atoms with Gasteiger partial charge in [0.1, 0.15) is 5.75 Å². The van der Waals surface area contributed by atoms with Crippen LogP contribution in [0.25, 0.3) is 0 Å². The van der Waals surface area contributed by atoms with Crippen molar-refractivity contribution in [3.05, 3.63) is 59.1 Å². The maximum atomic E-state index is 5.90. The molecule has 0 unspecified atom stereocenters. The molecule has 0 amide bonds. The van der Waals surface area contributed by atoms with Crippen LogP contribution in [0.1, 0.15) is 19.4 Å². The molecule has 0 saturated heterocycles. The lowest BCUT2D eigenvalue weighted by Crippen LogP contribution is -2.23. The first kappa shape index (κ1) is 17.2. The zero-order chi connectivity index (χ0) is 16.7. The number of benzene rings is 2. The van der Waals surface area contributed by atoms with E-state index in [1.165, 1.54) is 5.56 Å². The maximum absolute atomic E-state index is 5.90. The van der Waals surface area contributed by atoms with Gasteiger partial charge in [0, 0.05) is 17.3 Å². The van der Waals surface area contributed by atoms with Crippen molar-refractivity contribution in [1.82, 2.24) is 0 Å². The molecule has 2 aromatic carbocycles. The van der Waals surface area contributed by atoms with Crippen molar-refractivity contribution in [1.29, 1.82) is 0 Å². The number of nitrogens with two attached hydrogens (primary N) is 1. The van der Waals surface area contributed by atoms with Crippen molar-refractivity contribution in [2.24, 2.45) is 10.7 Å². The molecule has 0 heterocycles. The average molecular weight is 332 g/mol. The van der Waals surface area contributed by atoms with Gasteiger partial charge in [-0.2, -0.15) is 0 Å². The molecule has 2 aromatic rings. The number of aliphatic imine (C=N–C) groups is 1. The van der Waals surface area contributed by atoms with Gasteiger partial charge in [-0.25, -0.2) is 0 Å². The maximum Gasteiger partial charge on any atom is 0.193 e. The molecule has 4 nitrogen and oxygen atoms in total. The second-order valence-corrected chi connectivity index (χ2v) is 5.90. The topological polar surface area (TPSA) is 59.6 Å². The van der Waals surface area contributed by atoms with Crippen molar-refractivity contribution in [3.63, 3.8) is 0 Å². The van der Waals surface area contributed by atoms with Gasteiger partial charge < -0.3 is 15.8 Å². The van der Waals surface area contributed by atoms with Gasteiger partial charge in [0.2, 0.25) is 0 Å². The quantitative estimate of drug-likeness (QED) is 0.619. The van der Waals surface area contributed by atoms with Crippen LogP contribution in [0.4, 0.5) is 5.69 Å². The summed E-state index contributed by atoms with van der Waals surface area (Å²) in [6.45, 7) is 4.62. The summed E-state index contributed by atoms with van der Waals surface area (Å²) in [5.74, 6) is 1.24. The van der Waals surface area contributed by atoms with E-state index in [0.29, 0.717) is 12.5 Å². The van der Waals surface area contributed by atoms with Crippen LogP contribution >= 0.6 is 11.6 Å². The first-order valence-corrected chi connectivity index (χ1v) is 7.99. The number of ether oxygens (including phenoxy) is 1. The predicted molar refractivity (Wildman–Crippen MR) is 97.5 cm³/mol. The molecule has 0 spiro atoms. The largest absolute Gasteiger partial charge is 0.491 e. The Bertz CT molecular complexity index is 636. The summed E-state index contributed by atoms with van der Waals surface area (Å²) in [4.78, 5) is 4.33. The number of hydrogen-bond acceptors (Lipinski definition) is 2. The van der Waals surface area contributed by atoms with Crippen LogP contribution < -0.4 is 15.8 Å². The summed E-state index contributed by atoms with van der Waals surface area (Å²) in [5.41, 5.74) is 7.96. The van der Waals surface area contributed by atoms with Crippen LogP contribution in [0.15, 0.2) is 53.5 Å². The summed E-state index contributed by atoms with van der Waals surface area (Å²) in [5, 5.41) is 3.81. The number of anilines is 1. The summed E-state index contributed by atoms with van der Waals surface area (Å²) in [6, 6.07) is 15.4. The zero-order valence-corrected chi connectivity index (χ0v) is 14.2. The standard InChI is InChI=1S/C18H22ClN3O/c1-13(2)23-17-9-7-16(8-10-17)22-18(20)21-12-11-14-3-5-15(19)6-4-14/h3-10,13H,11-12H2,1-2H3,(H3,20,21,22). The van der Waals surface area contributed by atoms with E-state index in [1.807, 2.05) is 62.4 Å². The molecule has 122 valence electrons. The molecule has 2 rings (SSSR count). The number of rotatable bonds is 6. The Morgan fingerprint density at radius 3 is 2.39 bits per heavy atom. The molecule has 23 heavy (non-hydrogen) atoms. The van der Waals surface area contributed by atoms with E-state index >= 15 is 0 Å². The Labute approximate surface area is 142 Å². The van der Waals surface area contributed by atoms with E-state index in [1.54, 1.807) is 0 Å². The fourth-order valence-electron chi connectivity index (χ4n) is 2.03. The van der Waals surface area contributed by atoms with E-state index < -0.39 is 0 Å². The summed E-state index contributed by atoms with van der Waals surface area (Å²) < 4.78 is 5.60. The molecule has 0 bridgehead atoms. The summed E-state index contributed by atoms with van der Waals surface area (Å²) in [7, 11) is 0. The third-order valence-corrected chi connectivity index (χ3v) is 3.35. The highest BCUT2D eigenvalue weighted by Crippen LogP contribution is 2.16. The van der Waals surface area contributed by atoms with Crippen LogP contribution in [-0.2, 0) is 6.42 Å². The molecule has 0 aliphatic heterocycles. The molecule has 0 aliphatic rings. The van der Waals surface area contributed by atoms with Gasteiger partial charge in [-0.1, -0.05) is 23.7 Å². The monoisotopic (exact) mass is 331 g/mol. The van der Waals surface area contributed by atoms with E-state index in [4.69, 9.17) is 22.1 Å². The SMILES string of the molecule is CC(C)Oc1ccc(NC(N)=NCCc2ccc(Cl)cc2)cc1. The van der Waals surface area contributed by atoms with Crippen LogP contribution in [0.3, 0.4) is 0 Å². The van der Waals surface area contributed by atoms with Gasteiger partial charge >= 0.3 is 0 Å². The van der Waals surface area contributed by atoms with Gasteiger partial charge in [0.15, 0.2) is 5.96 Å². The number of halogens is 1. The second-order valence-electron chi connectivity index (χ2n) is 5.46. The molecule has 0 aromatic heterocycles. The van der Waals surface area contributed by atoms with E-state index in [-0.39, 0.29) is 6.10 Å². The van der Waals surface area contributed by atoms with E-state index in [2.05, 4.69) is 10.3 Å². The Hall–Kier alpha value is -2.20. The molecule has 0 radical (unpaired) electrons. The van der Waals surface area contributed by atoms with Crippen LogP contribution in [0, 0.1) is 0 Å². The molecule has 0 aliphatic carbocycles. The highest BCUT2D eigenvalue weighted by Gasteiger charge is 1.99. The smallest absolute Gasteiger partial charge is 0.193 e. The minimum absolute atomic E-state index is 0.160. The lowest BCUT2D eigenvalue weighted by Gasteiger charge is -2.11. The van der Waals surface area contributed by atoms with Crippen molar-refractivity contribution < 1.29 is 4.74 Å². The lowest BCUT2D eigenvalue weighted by atomic mass is 10.1. The fourth-order valence-corrected chi connectivity index (χ4v) is 2.16. The van der Waals surface area contributed by atoms with Gasteiger partial charge in [0.05, 0.1) is 6.10 Å². The Balaban J connectivity index is 1.83. The first-order chi connectivity index (χ1) is 11.0. The zero-order valence-electron chi connectivity index (χ0n) is 13.4. The summed E-state index contributed by atoms with van der Waals surface area (Å²) >= 11 is 5.86. The van der Waals surface area contributed by atoms with Gasteiger partial charge in [-0.05, 0) is 62.2 Å². The Kier molecular flexibility index (Phi) is 6.29. The number of hydrogen-bond donors (Lipinski definition) is 2. The molecule has 5 heteroatoms. The van der Waals surface area contributed by atoms with Crippen molar-refractivity contribution in [3.8, 4) is 5.75 Å². The molecular weight excluding hydrogens is 310 g/mol. The minimum atomic E-state index is 0.160. The molecule has 3 N–H and O–H groups in total. The summed E-state index contributed by atoms with van der Waals surface area (Å²) in [6.07, 6.45) is 0.981. The first-order valence-electron chi connectivity index (χ1n) is 7.61. The van der Waals surface area contributed by atoms with Gasteiger partial charge in [-0.15, -0.1) is 0 Å². The molecule has 0 fully saturated rings. The fraction of sp³-hybridized carbons (Fsp3) is 0.278. The Morgan fingerprint density at radius 1 is 1.13 bits per heavy atom. The van der Waals surface area contributed by atoms with Crippen LogP contribution in [0.5, 0.6) is 5.75 Å². The van der Waals surface area contributed by atoms with Gasteiger partial charge in [-0.3, -0.25) is 4.99 Å². The molecular formula is C18H22ClN3O. The van der Waals surface area contributed by atoms with Crippen molar-refractivity contribution >= 4 is 23.2 Å². The van der Waals surface area contributed by atoms with Crippen molar-refractivity contribution in [2.45, 2.75) is 26.4 Å². The highest BCUT2D eigenvalue weighted by molar-refractivity contribution is 6.30. The lowest BCUT2D eigenvalue weighted by molar-refractivity contribution is 0.242. The number of nitrogens with zero attached hydrogens (tertiary/aromatic N) is 1. The predicted octanol–water partition coefficient (Wildman–Crippen LogP) is 4.10.